The monoisotopic (exact) mass is 344 g/mol. The first-order valence-electron chi connectivity index (χ1n) is 6.53. The summed E-state index contributed by atoms with van der Waals surface area (Å²) in [5.41, 5.74) is 0.180. The molecule has 1 unspecified atom stereocenters. The smallest absolute Gasteiger partial charge is 0.336 e. The minimum atomic E-state index is -1.10. The lowest BCUT2D eigenvalue weighted by Crippen LogP contribution is -2.15. The van der Waals surface area contributed by atoms with Crippen LogP contribution in [0.1, 0.15) is 48.9 Å². The van der Waals surface area contributed by atoms with Gasteiger partial charge in [-0.05, 0) is 47.0 Å². The van der Waals surface area contributed by atoms with Gasteiger partial charge in [0.1, 0.15) is 0 Å². The molecular formula is C14H17BrO3S. The van der Waals surface area contributed by atoms with E-state index in [1.54, 1.807) is 12.1 Å². The zero-order valence-electron chi connectivity index (χ0n) is 10.6. The predicted molar refractivity (Wildman–Crippen MR) is 79.0 cm³/mol. The van der Waals surface area contributed by atoms with E-state index in [9.17, 15) is 9.00 Å². The summed E-state index contributed by atoms with van der Waals surface area (Å²) >= 11 is 3.21. The van der Waals surface area contributed by atoms with Crippen molar-refractivity contribution in [1.82, 2.24) is 0 Å². The normalized spacial score (nSPS) is 18.8. The molecule has 0 amide bonds. The van der Waals surface area contributed by atoms with E-state index in [0.717, 1.165) is 25.7 Å². The highest BCUT2D eigenvalue weighted by Gasteiger charge is 2.21. The van der Waals surface area contributed by atoms with E-state index in [2.05, 4.69) is 15.9 Å². The molecule has 2 rings (SSSR count). The van der Waals surface area contributed by atoms with E-state index in [4.69, 9.17) is 5.11 Å². The highest BCUT2D eigenvalue weighted by Crippen LogP contribution is 2.27. The van der Waals surface area contributed by atoms with E-state index in [-0.39, 0.29) is 10.8 Å². The molecule has 1 fully saturated rings. The molecule has 1 atom stereocenters. The highest BCUT2D eigenvalue weighted by atomic mass is 79.9. The molecule has 1 N–H and O–H groups in total. The molecular weight excluding hydrogens is 328 g/mol. The van der Waals surface area contributed by atoms with E-state index >= 15 is 0 Å². The van der Waals surface area contributed by atoms with Gasteiger partial charge in [-0.15, -0.1) is 0 Å². The van der Waals surface area contributed by atoms with E-state index in [1.165, 1.54) is 18.9 Å². The van der Waals surface area contributed by atoms with E-state index < -0.39 is 16.8 Å². The van der Waals surface area contributed by atoms with Gasteiger partial charge >= 0.3 is 5.97 Å². The fraction of sp³-hybridized carbons (Fsp3) is 0.500. The molecule has 1 aliphatic carbocycles. The van der Waals surface area contributed by atoms with Crippen LogP contribution in [0.5, 0.6) is 0 Å². The Morgan fingerprint density at radius 3 is 2.42 bits per heavy atom. The highest BCUT2D eigenvalue weighted by molar-refractivity contribution is 9.10. The van der Waals surface area contributed by atoms with Crippen molar-refractivity contribution < 1.29 is 14.1 Å². The molecule has 0 bridgehead atoms. The van der Waals surface area contributed by atoms with Crippen LogP contribution in [0, 0.1) is 0 Å². The summed E-state index contributed by atoms with van der Waals surface area (Å²) in [6.45, 7) is 0. The maximum Gasteiger partial charge on any atom is 0.336 e. The first-order chi connectivity index (χ1) is 9.09. The van der Waals surface area contributed by atoms with Crippen LogP contribution in [0.25, 0.3) is 0 Å². The van der Waals surface area contributed by atoms with Crippen LogP contribution in [0.15, 0.2) is 27.6 Å². The average Bonchev–Trinajstić information content (AvgIpc) is 2.67. The Morgan fingerprint density at radius 2 is 1.84 bits per heavy atom. The third-order valence-electron chi connectivity index (χ3n) is 3.51. The first kappa shape index (κ1) is 14.7. The molecule has 1 saturated carbocycles. The molecule has 0 aliphatic heterocycles. The van der Waals surface area contributed by atoms with Gasteiger partial charge in [0, 0.05) is 14.6 Å². The Hall–Kier alpha value is -0.680. The molecule has 104 valence electrons. The lowest BCUT2D eigenvalue weighted by Gasteiger charge is -2.14. The van der Waals surface area contributed by atoms with Gasteiger partial charge < -0.3 is 5.11 Å². The summed E-state index contributed by atoms with van der Waals surface area (Å²) < 4.78 is 13.1. The van der Waals surface area contributed by atoms with Crippen LogP contribution in [0.4, 0.5) is 0 Å². The summed E-state index contributed by atoms with van der Waals surface area (Å²) in [4.78, 5) is 11.7. The topological polar surface area (TPSA) is 54.4 Å². The van der Waals surface area contributed by atoms with Crippen LogP contribution in [-0.4, -0.2) is 20.5 Å². The van der Waals surface area contributed by atoms with Crippen molar-refractivity contribution in [1.29, 1.82) is 0 Å². The maximum absolute atomic E-state index is 12.5. The summed E-state index contributed by atoms with van der Waals surface area (Å²) in [6.07, 6.45) is 6.64. The number of carbonyl (C=O) groups is 1. The number of hydrogen-bond acceptors (Lipinski definition) is 2. The molecule has 0 radical (unpaired) electrons. The van der Waals surface area contributed by atoms with E-state index in [0.29, 0.717) is 9.37 Å². The molecule has 5 heteroatoms. The van der Waals surface area contributed by atoms with Crippen LogP contribution in [0.2, 0.25) is 0 Å². The summed E-state index contributed by atoms with van der Waals surface area (Å²) in [7, 11) is -1.10. The minimum absolute atomic E-state index is 0.172. The molecule has 3 nitrogen and oxygen atoms in total. The van der Waals surface area contributed by atoms with Gasteiger partial charge in [-0.2, -0.15) is 0 Å². The summed E-state index contributed by atoms with van der Waals surface area (Å²) in [6, 6.07) is 4.97. The number of aromatic carboxylic acids is 1. The van der Waals surface area contributed by atoms with Crippen molar-refractivity contribution in [2.75, 3.05) is 0 Å². The standard InChI is InChI=1S/C14H17BrO3S/c15-13-8-7-11(9-12(13)14(16)17)19(18)10-5-3-1-2-4-6-10/h7-10H,1-6H2,(H,16,17). The van der Waals surface area contributed by atoms with Crippen molar-refractivity contribution in [3.63, 3.8) is 0 Å². The average molecular weight is 345 g/mol. The number of rotatable bonds is 3. The molecule has 0 spiro atoms. The second-order valence-corrected chi connectivity index (χ2v) is 7.45. The molecule has 0 saturated heterocycles. The lowest BCUT2D eigenvalue weighted by molar-refractivity contribution is 0.0695. The van der Waals surface area contributed by atoms with Crippen LogP contribution < -0.4 is 0 Å². The summed E-state index contributed by atoms with van der Waals surface area (Å²) in [5.74, 6) is -0.994. The van der Waals surface area contributed by atoms with Gasteiger partial charge in [0.2, 0.25) is 0 Å². The molecule has 19 heavy (non-hydrogen) atoms. The number of carboxylic acids is 1. The fourth-order valence-corrected chi connectivity index (χ4v) is 4.44. The second-order valence-electron chi connectivity index (χ2n) is 4.86. The van der Waals surface area contributed by atoms with Crippen LogP contribution in [-0.2, 0) is 10.8 Å². The van der Waals surface area contributed by atoms with E-state index in [1.807, 2.05) is 0 Å². The van der Waals surface area contributed by atoms with Gasteiger partial charge in [0.15, 0.2) is 0 Å². The number of benzene rings is 1. The fourth-order valence-electron chi connectivity index (χ4n) is 2.44. The predicted octanol–water partition coefficient (Wildman–Crippen LogP) is 3.98. The number of carboxylic acid groups (broad SMARTS) is 1. The van der Waals surface area contributed by atoms with Gasteiger partial charge in [0.25, 0.3) is 0 Å². The SMILES string of the molecule is O=C(O)c1cc(S(=O)C2CCCCCC2)ccc1Br. The molecule has 1 aliphatic rings. The summed E-state index contributed by atoms with van der Waals surface area (Å²) in [5, 5.41) is 9.27. The van der Waals surface area contributed by atoms with Gasteiger partial charge in [-0.1, -0.05) is 25.7 Å². The Labute approximate surface area is 124 Å². The number of hydrogen-bond donors (Lipinski definition) is 1. The van der Waals surface area contributed by atoms with Crippen molar-refractivity contribution >= 4 is 32.7 Å². The van der Waals surface area contributed by atoms with Gasteiger partial charge in [0.05, 0.1) is 16.4 Å². The minimum Gasteiger partial charge on any atom is -0.478 e. The molecule has 1 aromatic carbocycles. The third kappa shape index (κ3) is 3.66. The Morgan fingerprint density at radius 1 is 1.21 bits per heavy atom. The van der Waals surface area contributed by atoms with Crippen LogP contribution >= 0.6 is 15.9 Å². The Bertz CT molecular complexity index is 493. The zero-order valence-corrected chi connectivity index (χ0v) is 13.0. The van der Waals surface area contributed by atoms with Crippen molar-refractivity contribution in [3.8, 4) is 0 Å². The third-order valence-corrected chi connectivity index (χ3v) is 5.99. The lowest BCUT2D eigenvalue weighted by atomic mass is 10.2. The molecule has 0 heterocycles. The zero-order chi connectivity index (χ0) is 13.8. The van der Waals surface area contributed by atoms with Crippen molar-refractivity contribution in [3.05, 3.63) is 28.2 Å². The van der Waals surface area contributed by atoms with Crippen molar-refractivity contribution in [2.24, 2.45) is 0 Å². The Balaban J connectivity index is 2.23. The maximum atomic E-state index is 12.5. The Kier molecular flexibility index (Phi) is 5.16. The van der Waals surface area contributed by atoms with Crippen LogP contribution in [0.3, 0.4) is 0 Å². The van der Waals surface area contributed by atoms with Gasteiger partial charge in [-0.25, -0.2) is 4.79 Å². The van der Waals surface area contributed by atoms with Gasteiger partial charge in [-0.3, -0.25) is 4.21 Å². The number of halogens is 1. The molecule has 1 aromatic rings. The second kappa shape index (κ2) is 6.66. The van der Waals surface area contributed by atoms with Crippen molar-refractivity contribution in [2.45, 2.75) is 48.7 Å². The molecule has 0 aromatic heterocycles. The quantitative estimate of drug-likeness (QED) is 0.843. The first-order valence-corrected chi connectivity index (χ1v) is 8.53. The largest absolute Gasteiger partial charge is 0.478 e.